The van der Waals surface area contributed by atoms with Gasteiger partial charge in [-0.05, 0) is 38.1 Å². The fraction of sp³-hybridized carbons (Fsp3) is 0.353. The highest BCUT2D eigenvalue weighted by atomic mass is 32.1. The minimum absolute atomic E-state index is 0.0963. The lowest BCUT2D eigenvalue weighted by Gasteiger charge is -2.27. The summed E-state index contributed by atoms with van der Waals surface area (Å²) in [5, 5.41) is 4.96. The topological polar surface area (TPSA) is 50.5 Å². The molecule has 0 N–H and O–H groups in total. The van der Waals surface area contributed by atoms with E-state index in [1.54, 1.807) is 12.1 Å². The summed E-state index contributed by atoms with van der Waals surface area (Å²) in [5.74, 6) is -0.241. The smallest absolute Gasteiger partial charge is 0.275 e. The third-order valence-corrected chi connectivity index (χ3v) is 4.89. The number of aromatic nitrogens is 3. The summed E-state index contributed by atoms with van der Waals surface area (Å²) in [7, 11) is 0. The number of nitrogens with zero attached hydrogens (tertiary/aromatic N) is 4. The van der Waals surface area contributed by atoms with Crippen LogP contribution >= 0.6 is 11.3 Å². The Morgan fingerprint density at radius 2 is 2.04 bits per heavy atom. The molecule has 1 aromatic carbocycles. The molecular weight excluding hydrogens is 327 g/mol. The first-order valence-corrected chi connectivity index (χ1v) is 8.65. The molecule has 0 aliphatic heterocycles. The van der Waals surface area contributed by atoms with E-state index in [1.807, 2.05) is 6.92 Å². The van der Waals surface area contributed by atoms with Gasteiger partial charge >= 0.3 is 0 Å². The van der Waals surface area contributed by atoms with E-state index in [0.717, 1.165) is 22.8 Å². The Morgan fingerprint density at radius 3 is 2.71 bits per heavy atom. The third-order valence-electron chi connectivity index (χ3n) is 4.07. The number of fused-ring (bicyclic) bond motifs is 1. The maximum Gasteiger partial charge on any atom is 0.275 e. The summed E-state index contributed by atoms with van der Waals surface area (Å²) in [6, 6.07) is 8.15. The molecule has 7 heteroatoms. The van der Waals surface area contributed by atoms with E-state index in [2.05, 4.69) is 28.8 Å². The first-order valence-electron chi connectivity index (χ1n) is 7.84. The van der Waals surface area contributed by atoms with Crippen molar-refractivity contribution in [1.29, 1.82) is 0 Å². The number of aryl methyl sites for hydroxylation is 1. The summed E-state index contributed by atoms with van der Waals surface area (Å²) in [4.78, 5) is 19.5. The van der Waals surface area contributed by atoms with Crippen molar-refractivity contribution in [1.82, 2.24) is 19.5 Å². The second-order valence-corrected chi connectivity index (χ2v) is 6.85. The standard InChI is InChI=1S/C17H19FN4OS/c1-4-21(11(2)13-5-7-14(18)8-6-13)10-15-9-16(23)22-17(19-15)24-12(3)20-22/h5-9,11H,4,10H2,1-3H3/t11-/m0/s1. The van der Waals surface area contributed by atoms with Crippen LogP contribution in [0.5, 0.6) is 0 Å². The van der Waals surface area contributed by atoms with Gasteiger partial charge in [0, 0.05) is 18.7 Å². The van der Waals surface area contributed by atoms with Gasteiger partial charge in [0.1, 0.15) is 10.8 Å². The number of hydrogen-bond acceptors (Lipinski definition) is 5. The molecule has 0 spiro atoms. The molecule has 0 saturated carbocycles. The van der Waals surface area contributed by atoms with E-state index in [0.29, 0.717) is 11.5 Å². The molecule has 0 radical (unpaired) electrons. The number of halogens is 1. The average molecular weight is 346 g/mol. The zero-order valence-corrected chi connectivity index (χ0v) is 14.7. The van der Waals surface area contributed by atoms with Crippen LogP contribution in [0.4, 0.5) is 4.39 Å². The van der Waals surface area contributed by atoms with Gasteiger partial charge in [0.05, 0.1) is 5.69 Å². The molecule has 2 aromatic heterocycles. The summed E-state index contributed by atoms with van der Waals surface area (Å²) < 4.78 is 14.4. The van der Waals surface area contributed by atoms with Crippen molar-refractivity contribution in [3.8, 4) is 0 Å². The molecule has 5 nitrogen and oxygen atoms in total. The fourth-order valence-corrected chi connectivity index (χ4v) is 3.48. The molecule has 3 aromatic rings. The highest BCUT2D eigenvalue weighted by Gasteiger charge is 2.16. The summed E-state index contributed by atoms with van der Waals surface area (Å²) >= 11 is 1.40. The van der Waals surface area contributed by atoms with Crippen molar-refractivity contribution in [2.75, 3.05) is 6.54 Å². The van der Waals surface area contributed by atoms with Crippen LogP contribution in [0.25, 0.3) is 4.96 Å². The summed E-state index contributed by atoms with van der Waals surface area (Å²) in [6.07, 6.45) is 0. The Morgan fingerprint density at radius 1 is 1.33 bits per heavy atom. The van der Waals surface area contributed by atoms with Gasteiger partial charge in [-0.1, -0.05) is 30.4 Å². The van der Waals surface area contributed by atoms with Crippen LogP contribution in [0.1, 0.15) is 36.2 Å². The number of rotatable bonds is 5. The van der Waals surface area contributed by atoms with Crippen LogP contribution in [0.15, 0.2) is 35.1 Å². The minimum Gasteiger partial charge on any atom is -0.291 e. The second kappa shape index (κ2) is 6.78. The van der Waals surface area contributed by atoms with Gasteiger partial charge in [0.25, 0.3) is 5.56 Å². The summed E-state index contributed by atoms with van der Waals surface area (Å²) in [5.41, 5.74) is 1.59. The molecule has 0 amide bonds. The van der Waals surface area contributed by atoms with Crippen molar-refractivity contribution >= 4 is 16.3 Å². The van der Waals surface area contributed by atoms with Crippen LogP contribution in [0, 0.1) is 12.7 Å². The molecule has 3 rings (SSSR count). The van der Waals surface area contributed by atoms with Crippen molar-refractivity contribution in [2.45, 2.75) is 33.4 Å². The van der Waals surface area contributed by atoms with E-state index in [9.17, 15) is 9.18 Å². The van der Waals surface area contributed by atoms with Gasteiger partial charge in [0.15, 0.2) is 0 Å². The monoisotopic (exact) mass is 346 g/mol. The molecular formula is C17H19FN4OS. The second-order valence-electron chi connectivity index (χ2n) is 5.69. The largest absolute Gasteiger partial charge is 0.291 e. The van der Waals surface area contributed by atoms with Crippen LogP contribution in [-0.4, -0.2) is 26.0 Å². The molecule has 0 saturated heterocycles. The molecule has 0 unspecified atom stereocenters. The lowest BCUT2D eigenvalue weighted by atomic mass is 10.1. The van der Waals surface area contributed by atoms with Crippen molar-refractivity contribution < 1.29 is 4.39 Å². The van der Waals surface area contributed by atoms with Gasteiger partial charge < -0.3 is 0 Å². The Bertz CT molecular complexity index is 903. The normalized spacial score (nSPS) is 12.9. The predicted octanol–water partition coefficient (Wildman–Crippen LogP) is 3.18. The Kier molecular flexibility index (Phi) is 4.73. The highest BCUT2D eigenvalue weighted by Crippen LogP contribution is 2.22. The molecule has 126 valence electrons. The molecule has 0 aliphatic carbocycles. The Balaban J connectivity index is 1.87. The van der Waals surface area contributed by atoms with Gasteiger partial charge in [-0.2, -0.15) is 9.61 Å². The van der Waals surface area contributed by atoms with Crippen LogP contribution in [0.2, 0.25) is 0 Å². The molecule has 2 heterocycles. The maximum absolute atomic E-state index is 13.1. The van der Waals surface area contributed by atoms with Crippen LogP contribution in [-0.2, 0) is 6.54 Å². The Hall–Kier alpha value is -2.12. The maximum atomic E-state index is 13.1. The molecule has 1 atom stereocenters. The molecule has 24 heavy (non-hydrogen) atoms. The third kappa shape index (κ3) is 3.37. The average Bonchev–Trinajstić information content (AvgIpc) is 2.93. The first kappa shape index (κ1) is 16.7. The van der Waals surface area contributed by atoms with Crippen molar-refractivity contribution in [3.05, 3.63) is 62.8 Å². The van der Waals surface area contributed by atoms with Gasteiger partial charge in [-0.3, -0.25) is 9.69 Å². The molecule has 0 bridgehead atoms. The zero-order chi connectivity index (χ0) is 17.3. The minimum atomic E-state index is -0.241. The van der Waals surface area contributed by atoms with Gasteiger partial charge in [-0.15, -0.1) is 0 Å². The molecule has 0 aliphatic rings. The Labute approximate surface area is 143 Å². The lowest BCUT2D eigenvalue weighted by Crippen LogP contribution is -2.28. The fourth-order valence-electron chi connectivity index (χ4n) is 2.72. The van der Waals surface area contributed by atoms with E-state index in [-0.39, 0.29) is 17.4 Å². The SMILES string of the molecule is CCN(Cc1cc(=O)n2nc(C)sc2n1)[C@@H](C)c1ccc(F)cc1. The van der Waals surface area contributed by atoms with Crippen molar-refractivity contribution in [3.63, 3.8) is 0 Å². The molecule has 0 fully saturated rings. The number of benzene rings is 1. The van der Waals surface area contributed by atoms with Crippen LogP contribution < -0.4 is 5.56 Å². The lowest BCUT2D eigenvalue weighted by molar-refractivity contribution is 0.210. The van der Waals surface area contributed by atoms with Gasteiger partial charge in [-0.25, -0.2) is 9.37 Å². The quantitative estimate of drug-likeness (QED) is 0.712. The first-order chi connectivity index (χ1) is 11.5. The van der Waals surface area contributed by atoms with E-state index in [4.69, 9.17) is 0 Å². The van der Waals surface area contributed by atoms with Crippen LogP contribution in [0.3, 0.4) is 0 Å². The van der Waals surface area contributed by atoms with E-state index in [1.165, 1.54) is 34.1 Å². The van der Waals surface area contributed by atoms with E-state index < -0.39 is 0 Å². The van der Waals surface area contributed by atoms with Gasteiger partial charge in [0.2, 0.25) is 4.96 Å². The van der Waals surface area contributed by atoms with Crippen molar-refractivity contribution in [2.24, 2.45) is 0 Å². The predicted molar refractivity (Wildman–Crippen MR) is 92.8 cm³/mol. The summed E-state index contributed by atoms with van der Waals surface area (Å²) in [6.45, 7) is 7.33. The zero-order valence-electron chi connectivity index (χ0n) is 13.9. The highest BCUT2D eigenvalue weighted by molar-refractivity contribution is 7.16. The van der Waals surface area contributed by atoms with E-state index >= 15 is 0 Å². The number of hydrogen-bond donors (Lipinski definition) is 0.